The number of aliphatic imine (C=N–C) groups is 1. The summed E-state index contributed by atoms with van der Waals surface area (Å²) in [6, 6.07) is 0. The summed E-state index contributed by atoms with van der Waals surface area (Å²) < 4.78 is 5.13. The Hall–Kier alpha value is -1.83. The molecule has 3 rings (SSSR count). The van der Waals surface area contributed by atoms with E-state index in [-0.39, 0.29) is 21.7 Å². The van der Waals surface area contributed by atoms with Crippen molar-refractivity contribution in [3.05, 3.63) is 55.7 Å². The number of allylic oxidation sites excluding steroid dienone is 2. The first-order chi connectivity index (χ1) is 11.0. The van der Waals surface area contributed by atoms with E-state index in [4.69, 9.17) is 27.9 Å². The van der Waals surface area contributed by atoms with Crippen LogP contribution >= 0.6 is 23.2 Å². The zero-order chi connectivity index (χ0) is 16.6. The highest BCUT2D eigenvalue weighted by Crippen LogP contribution is 2.35. The smallest absolute Gasteiger partial charge is 0.337 e. The van der Waals surface area contributed by atoms with Gasteiger partial charge in [0.1, 0.15) is 10.3 Å². The largest absolute Gasteiger partial charge is 0.378 e. The average molecular weight is 357 g/mol. The van der Waals surface area contributed by atoms with Crippen molar-refractivity contribution in [2.24, 2.45) is 4.99 Å². The quantitative estimate of drug-likeness (QED) is 0.561. The molecule has 0 N–H and O–H groups in total. The molecular formula is C14H14Cl2N4O3. The van der Waals surface area contributed by atoms with Crippen LogP contribution in [-0.2, 0) is 4.74 Å². The lowest BCUT2D eigenvalue weighted by atomic mass is 10.1. The van der Waals surface area contributed by atoms with E-state index in [1.54, 1.807) is 6.20 Å². The molecular weight excluding hydrogens is 343 g/mol. The standard InChI is InChI=1S/C14H14Cl2N4O3/c1-9-2-3-19-10(8-9)17-14(18-4-6-23-7-5-18)12(20(21)22)11(19)13(15)16/h2-3,8H,4-7H2,1H3. The number of nitrogens with zero attached hydrogens (tertiary/aromatic N) is 4. The SMILES string of the molecule is CC1=CC2=NC(N3CCOCC3)=C([N+](=O)[O-])C(=C(Cl)Cl)N2C=C1. The van der Waals surface area contributed by atoms with Crippen LogP contribution in [0.15, 0.2) is 50.6 Å². The summed E-state index contributed by atoms with van der Waals surface area (Å²) in [7, 11) is 0. The number of rotatable bonds is 2. The summed E-state index contributed by atoms with van der Waals surface area (Å²) in [5.74, 6) is 0.809. The Kier molecular flexibility index (Phi) is 4.43. The van der Waals surface area contributed by atoms with Crippen molar-refractivity contribution in [1.29, 1.82) is 0 Å². The van der Waals surface area contributed by atoms with Gasteiger partial charge in [-0.15, -0.1) is 0 Å². The Morgan fingerprint density at radius 3 is 2.70 bits per heavy atom. The highest BCUT2D eigenvalue weighted by atomic mass is 35.5. The third kappa shape index (κ3) is 2.99. The molecule has 3 aliphatic heterocycles. The Labute approximate surface area is 142 Å². The van der Waals surface area contributed by atoms with Gasteiger partial charge in [-0.3, -0.25) is 15.0 Å². The second kappa shape index (κ2) is 6.35. The molecule has 0 spiro atoms. The van der Waals surface area contributed by atoms with Crippen molar-refractivity contribution in [2.45, 2.75) is 6.92 Å². The zero-order valence-electron chi connectivity index (χ0n) is 12.3. The predicted molar refractivity (Wildman–Crippen MR) is 87.3 cm³/mol. The van der Waals surface area contributed by atoms with E-state index in [0.29, 0.717) is 32.1 Å². The molecule has 0 saturated carbocycles. The molecule has 23 heavy (non-hydrogen) atoms. The van der Waals surface area contributed by atoms with Gasteiger partial charge in [0.25, 0.3) is 0 Å². The minimum Gasteiger partial charge on any atom is -0.378 e. The van der Waals surface area contributed by atoms with Crippen molar-refractivity contribution in [3.63, 3.8) is 0 Å². The van der Waals surface area contributed by atoms with Gasteiger partial charge in [0.05, 0.1) is 18.1 Å². The lowest BCUT2D eigenvalue weighted by Crippen LogP contribution is -2.41. The second-order valence-corrected chi connectivity index (χ2v) is 6.13. The van der Waals surface area contributed by atoms with Gasteiger partial charge >= 0.3 is 5.70 Å². The van der Waals surface area contributed by atoms with Crippen molar-refractivity contribution in [3.8, 4) is 0 Å². The van der Waals surface area contributed by atoms with Crippen LogP contribution in [0.25, 0.3) is 0 Å². The molecule has 0 aromatic heterocycles. The summed E-state index contributed by atoms with van der Waals surface area (Å²) in [5, 5.41) is 11.7. The minimum absolute atomic E-state index is 0.129. The molecule has 122 valence electrons. The first-order valence-corrected chi connectivity index (χ1v) is 7.76. The van der Waals surface area contributed by atoms with E-state index in [1.807, 2.05) is 24.0 Å². The van der Waals surface area contributed by atoms with Crippen LogP contribution in [0.3, 0.4) is 0 Å². The number of hydrogen-bond acceptors (Lipinski definition) is 6. The van der Waals surface area contributed by atoms with E-state index >= 15 is 0 Å². The Morgan fingerprint density at radius 1 is 1.39 bits per heavy atom. The second-order valence-electron chi connectivity index (χ2n) is 5.18. The van der Waals surface area contributed by atoms with E-state index in [2.05, 4.69) is 4.99 Å². The molecule has 0 aliphatic carbocycles. The molecule has 0 bridgehead atoms. The van der Waals surface area contributed by atoms with E-state index in [1.165, 1.54) is 4.90 Å². The number of hydrogen-bond donors (Lipinski definition) is 0. The monoisotopic (exact) mass is 356 g/mol. The molecule has 0 unspecified atom stereocenters. The van der Waals surface area contributed by atoms with Gasteiger partial charge < -0.3 is 9.64 Å². The normalized spacial score (nSPS) is 21.1. The number of amidine groups is 1. The first-order valence-electron chi connectivity index (χ1n) is 7.00. The van der Waals surface area contributed by atoms with Crippen LogP contribution in [0.4, 0.5) is 0 Å². The van der Waals surface area contributed by atoms with Gasteiger partial charge in [-0.2, -0.15) is 0 Å². The summed E-state index contributed by atoms with van der Waals surface area (Å²) >= 11 is 11.9. The maximum atomic E-state index is 11.7. The number of ether oxygens (including phenoxy) is 1. The van der Waals surface area contributed by atoms with Crippen LogP contribution in [0.1, 0.15) is 6.92 Å². The zero-order valence-corrected chi connectivity index (χ0v) is 13.8. The number of nitro groups is 1. The fraction of sp³-hybridized carbons (Fsp3) is 0.357. The number of halogens is 2. The first kappa shape index (κ1) is 16.0. The summed E-state index contributed by atoms with van der Waals surface area (Å²) in [6.45, 7) is 3.95. The van der Waals surface area contributed by atoms with Crippen LogP contribution in [-0.4, -0.2) is 46.9 Å². The highest BCUT2D eigenvalue weighted by molar-refractivity contribution is 6.56. The van der Waals surface area contributed by atoms with Crippen molar-refractivity contribution in [2.75, 3.05) is 26.3 Å². The Balaban J connectivity index is 2.18. The summed E-state index contributed by atoms with van der Waals surface area (Å²) in [5.41, 5.74) is 0.911. The van der Waals surface area contributed by atoms with Crippen molar-refractivity contribution >= 4 is 29.0 Å². The molecule has 0 atom stereocenters. The molecule has 0 amide bonds. The number of fused-ring (bicyclic) bond motifs is 1. The lowest BCUT2D eigenvalue weighted by Gasteiger charge is -2.34. The predicted octanol–water partition coefficient (Wildman–Crippen LogP) is 2.60. The Morgan fingerprint density at radius 2 is 2.09 bits per heavy atom. The van der Waals surface area contributed by atoms with Crippen LogP contribution in [0.2, 0.25) is 0 Å². The molecule has 7 nitrogen and oxygen atoms in total. The molecule has 9 heteroatoms. The van der Waals surface area contributed by atoms with E-state index in [9.17, 15) is 10.1 Å². The molecule has 0 aromatic rings. The van der Waals surface area contributed by atoms with E-state index in [0.717, 1.165) is 5.57 Å². The molecule has 3 heterocycles. The third-order valence-corrected chi connectivity index (χ3v) is 4.02. The highest BCUT2D eigenvalue weighted by Gasteiger charge is 2.39. The van der Waals surface area contributed by atoms with Crippen LogP contribution in [0, 0.1) is 10.1 Å². The van der Waals surface area contributed by atoms with Gasteiger partial charge in [-0.1, -0.05) is 23.2 Å². The molecule has 1 saturated heterocycles. The lowest BCUT2D eigenvalue weighted by molar-refractivity contribution is -0.424. The van der Waals surface area contributed by atoms with Gasteiger partial charge in [0, 0.05) is 19.3 Å². The van der Waals surface area contributed by atoms with Gasteiger partial charge in [0.2, 0.25) is 5.82 Å². The molecule has 3 aliphatic rings. The Bertz CT molecular complexity index is 699. The fourth-order valence-electron chi connectivity index (χ4n) is 2.59. The average Bonchev–Trinajstić information content (AvgIpc) is 2.53. The maximum absolute atomic E-state index is 11.7. The topological polar surface area (TPSA) is 71.2 Å². The minimum atomic E-state index is -0.496. The van der Waals surface area contributed by atoms with Crippen molar-refractivity contribution in [1.82, 2.24) is 9.80 Å². The van der Waals surface area contributed by atoms with Crippen LogP contribution in [0.5, 0.6) is 0 Å². The summed E-state index contributed by atoms with van der Waals surface area (Å²) in [4.78, 5) is 19.0. The fourth-order valence-corrected chi connectivity index (χ4v) is 2.95. The van der Waals surface area contributed by atoms with E-state index < -0.39 is 4.92 Å². The van der Waals surface area contributed by atoms with Crippen LogP contribution < -0.4 is 0 Å². The third-order valence-electron chi connectivity index (χ3n) is 3.66. The summed E-state index contributed by atoms with van der Waals surface area (Å²) in [6.07, 6.45) is 5.31. The number of morpholine rings is 1. The van der Waals surface area contributed by atoms with Gasteiger partial charge in [-0.25, -0.2) is 4.99 Å². The molecule has 0 aromatic carbocycles. The maximum Gasteiger partial charge on any atom is 0.337 e. The molecule has 0 radical (unpaired) electrons. The van der Waals surface area contributed by atoms with Gasteiger partial charge in [-0.05, 0) is 24.6 Å². The van der Waals surface area contributed by atoms with Gasteiger partial charge in [0.15, 0.2) is 5.70 Å². The van der Waals surface area contributed by atoms with Crippen molar-refractivity contribution < 1.29 is 9.66 Å². The molecule has 1 fully saturated rings.